The van der Waals surface area contributed by atoms with Gasteiger partial charge in [0.25, 0.3) is 10.0 Å². The molecule has 1 aliphatic rings. The highest BCUT2D eigenvalue weighted by molar-refractivity contribution is 7.92. The molecule has 4 rings (SSSR count). The van der Waals surface area contributed by atoms with E-state index in [1.165, 1.54) is 12.5 Å². The number of carboxylic acids is 1. The molecule has 1 saturated carbocycles. The van der Waals surface area contributed by atoms with Crippen LogP contribution < -0.4 is 9.46 Å². The maximum atomic E-state index is 14.1. The summed E-state index contributed by atoms with van der Waals surface area (Å²) in [5.41, 5.74) is 1.25. The van der Waals surface area contributed by atoms with Gasteiger partial charge >= 0.3 is 5.97 Å². The van der Waals surface area contributed by atoms with Gasteiger partial charge in [-0.1, -0.05) is 13.8 Å². The van der Waals surface area contributed by atoms with Crippen molar-refractivity contribution < 1.29 is 27.4 Å². The lowest BCUT2D eigenvalue weighted by Gasteiger charge is -2.34. The predicted molar refractivity (Wildman–Crippen MR) is 131 cm³/mol. The number of nitrogens with one attached hydrogen (secondary N) is 1. The highest BCUT2D eigenvalue weighted by Gasteiger charge is 2.28. The van der Waals surface area contributed by atoms with Gasteiger partial charge < -0.3 is 9.84 Å². The molecule has 2 N–H and O–H groups in total. The number of anilines is 1. The largest absolute Gasteiger partial charge is 0.495 e. The van der Waals surface area contributed by atoms with E-state index in [4.69, 9.17) is 9.84 Å². The van der Waals surface area contributed by atoms with Crippen LogP contribution in [0.15, 0.2) is 40.9 Å². The van der Waals surface area contributed by atoms with Crippen molar-refractivity contribution in [3.8, 4) is 16.3 Å². The highest BCUT2D eigenvalue weighted by atomic mass is 32.2. The Morgan fingerprint density at radius 2 is 1.97 bits per heavy atom. The van der Waals surface area contributed by atoms with Crippen LogP contribution in [0.4, 0.5) is 10.1 Å². The second-order valence-corrected chi connectivity index (χ2v) is 11.8. The molecule has 0 spiro atoms. The molecule has 1 fully saturated rings. The number of hydrogen-bond acceptors (Lipinski definition) is 7. The van der Waals surface area contributed by atoms with Gasteiger partial charge in [-0.05, 0) is 49.3 Å². The molecule has 8 nitrogen and oxygen atoms in total. The van der Waals surface area contributed by atoms with Gasteiger partial charge in [-0.3, -0.25) is 9.71 Å². The van der Waals surface area contributed by atoms with E-state index in [9.17, 15) is 17.6 Å². The van der Waals surface area contributed by atoms with Crippen LogP contribution in [-0.2, 0) is 10.0 Å². The summed E-state index contributed by atoms with van der Waals surface area (Å²) in [6.45, 7) is 4.58. The number of halogens is 1. The quantitative estimate of drug-likeness (QED) is 0.421. The van der Waals surface area contributed by atoms with Crippen molar-refractivity contribution in [2.24, 2.45) is 5.41 Å². The fourth-order valence-electron chi connectivity index (χ4n) is 4.15. The first-order chi connectivity index (χ1) is 16.5. The minimum Gasteiger partial charge on any atom is -0.495 e. The van der Waals surface area contributed by atoms with Crippen molar-refractivity contribution in [1.82, 2.24) is 9.97 Å². The maximum absolute atomic E-state index is 14.1. The molecule has 2 aromatic heterocycles. The summed E-state index contributed by atoms with van der Waals surface area (Å²) in [6.07, 6.45) is 6.23. The topological polar surface area (TPSA) is 118 Å². The third-order valence-electron chi connectivity index (χ3n) is 6.31. The molecule has 35 heavy (non-hydrogen) atoms. The molecule has 186 valence electrons. The van der Waals surface area contributed by atoms with Crippen molar-refractivity contribution in [3.63, 3.8) is 0 Å². The molecule has 0 amide bonds. The number of aromatic nitrogens is 2. The molecular formula is C24H26FN3O5S2. The van der Waals surface area contributed by atoms with E-state index in [0.717, 1.165) is 54.8 Å². The lowest BCUT2D eigenvalue weighted by molar-refractivity contribution is 0.0691. The number of benzene rings is 1. The van der Waals surface area contributed by atoms with E-state index in [0.29, 0.717) is 21.9 Å². The van der Waals surface area contributed by atoms with Gasteiger partial charge in [-0.15, -0.1) is 11.3 Å². The Balaban J connectivity index is 1.52. The highest BCUT2D eigenvalue weighted by Crippen LogP contribution is 2.42. The zero-order valence-corrected chi connectivity index (χ0v) is 21.2. The number of aromatic carboxylic acids is 1. The average molecular weight is 520 g/mol. The Kier molecular flexibility index (Phi) is 6.83. The Labute approximate surface area is 207 Å². The molecule has 0 unspecified atom stereocenters. The SMILES string of the molecule is COc1cc(C(=O)O)c(F)cc1NS(=O)(=O)c1csc(-c2ccc(C3CCC(C)(C)CC3)nc2)n1. The summed E-state index contributed by atoms with van der Waals surface area (Å²) >= 11 is 1.15. The summed E-state index contributed by atoms with van der Waals surface area (Å²) in [4.78, 5) is 20.0. The van der Waals surface area contributed by atoms with E-state index in [1.807, 2.05) is 12.1 Å². The van der Waals surface area contributed by atoms with Crippen LogP contribution in [0, 0.1) is 11.2 Å². The van der Waals surface area contributed by atoms with Crippen molar-refractivity contribution in [1.29, 1.82) is 0 Å². The number of pyridine rings is 1. The van der Waals surface area contributed by atoms with Gasteiger partial charge in [0.2, 0.25) is 0 Å². The van der Waals surface area contributed by atoms with E-state index in [-0.39, 0.29) is 16.5 Å². The minimum atomic E-state index is -4.18. The first-order valence-corrected chi connectivity index (χ1v) is 13.4. The normalized spacial score (nSPS) is 16.1. The number of methoxy groups -OCH3 is 1. The second-order valence-electron chi connectivity index (χ2n) is 9.34. The van der Waals surface area contributed by atoms with Gasteiger partial charge in [-0.2, -0.15) is 8.42 Å². The molecule has 0 saturated heterocycles. The predicted octanol–water partition coefficient (Wildman–Crippen LogP) is 5.54. The lowest BCUT2D eigenvalue weighted by Crippen LogP contribution is -2.20. The van der Waals surface area contributed by atoms with Gasteiger partial charge in [0.1, 0.15) is 16.6 Å². The van der Waals surface area contributed by atoms with Crippen LogP contribution in [0.2, 0.25) is 0 Å². The molecule has 0 bridgehead atoms. The van der Waals surface area contributed by atoms with Gasteiger partial charge in [0, 0.05) is 34.8 Å². The van der Waals surface area contributed by atoms with E-state index >= 15 is 0 Å². The van der Waals surface area contributed by atoms with E-state index in [2.05, 4.69) is 28.5 Å². The third-order valence-corrected chi connectivity index (χ3v) is 8.60. The van der Waals surface area contributed by atoms with E-state index < -0.39 is 27.4 Å². The number of ether oxygens (including phenoxy) is 1. The Hall–Kier alpha value is -3.05. The van der Waals surface area contributed by atoms with Gasteiger partial charge in [-0.25, -0.2) is 14.2 Å². The molecule has 0 atom stereocenters. The van der Waals surface area contributed by atoms with Crippen LogP contribution in [0.25, 0.3) is 10.6 Å². The third kappa shape index (κ3) is 5.46. The molecule has 0 aliphatic heterocycles. The Bertz CT molecular complexity index is 1340. The van der Waals surface area contributed by atoms with Crippen LogP contribution >= 0.6 is 11.3 Å². The molecule has 2 heterocycles. The minimum absolute atomic E-state index is 0.131. The summed E-state index contributed by atoms with van der Waals surface area (Å²) in [5.74, 6) is -2.29. The summed E-state index contributed by atoms with van der Waals surface area (Å²) in [7, 11) is -2.96. The summed E-state index contributed by atoms with van der Waals surface area (Å²) in [5, 5.41) is 10.7. The molecule has 1 aliphatic carbocycles. The zero-order chi connectivity index (χ0) is 25.4. The first-order valence-electron chi connectivity index (χ1n) is 11.0. The van der Waals surface area contributed by atoms with Crippen LogP contribution in [-0.4, -0.2) is 36.6 Å². The molecular weight excluding hydrogens is 493 g/mol. The van der Waals surface area contributed by atoms with Crippen LogP contribution in [0.3, 0.4) is 0 Å². The number of hydrogen-bond donors (Lipinski definition) is 2. The number of sulfonamides is 1. The number of thiazole rings is 1. The lowest BCUT2D eigenvalue weighted by atomic mass is 9.72. The number of rotatable bonds is 7. The van der Waals surface area contributed by atoms with Crippen LogP contribution in [0.1, 0.15) is 61.5 Å². The zero-order valence-electron chi connectivity index (χ0n) is 19.5. The average Bonchev–Trinajstić information content (AvgIpc) is 3.30. The van der Waals surface area contributed by atoms with Crippen molar-refractivity contribution in [2.45, 2.75) is 50.5 Å². The fourth-order valence-corrected chi connectivity index (χ4v) is 6.29. The standard InChI is InChI=1S/C24H26FN3O5S2/c1-24(2)8-6-14(7-9-24)18-5-4-15(12-26-18)22-27-21(13-34-22)35(31,32)28-19-11-17(25)16(23(29)30)10-20(19)33-3/h4-5,10-14,28H,6-9H2,1-3H3,(H,29,30). The first kappa shape index (κ1) is 25.1. The van der Waals surface area contributed by atoms with Gasteiger partial charge in [0.15, 0.2) is 5.03 Å². The smallest absolute Gasteiger partial charge is 0.338 e. The molecule has 3 aromatic rings. The van der Waals surface area contributed by atoms with Crippen molar-refractivity contribution in [2.75, 3.05) is 11.8 Å². The maximum Gasteiger partial charge on any atom is 0.338 e. The number of carbonyl (C=O) groups is 1. The van der Waals surface area contributed by atoms with Gasteiger partial charge in [0.05, 0.1) is 18.4 Å². The van der Waals surface area contributed by atoms with Crippen molar-refractivity contribution in [3.05, 3.63) is 52.9 Å². The fraction of sp³-hybridized carbons (Fsp3) is 0.375. The van der Waals surface area contributed by atoms with Crippen molar-refractivity contribution >= 4 is 33.0 Å². The number of nitrogens with zero attached hydrogens (tertiary/aromatic N) is 2. The number of carboxylic acid groups (broad SMARTS) is 1. The Morgan fingerprint density at radius 1 is 1.26 bits per heavy atom. The molecule has 11 heteroatoms. The Morgan fingerprint density at radius 3 is 2.57 bits per heavy atom. The monoisotopic (exact) mass is 519 g/mol. The van der Waals surface area contributed by atoms with Crippen LogP contribution in [0.5, 0.6) is 5.75 Å². The molecule has 0 radical (unpaired) electrons. The summed E-state index contributed by atoms with van der Waals surface area (Å²) < 4.78 is 47.2. The summed E-state index contributed by atoms with van der Waals surface area (Å²) in [6, 6.07) is 5.56. The molecule has 1 aromatic carbocycles. The van der Waals surface area contributed by atoms with E-state index in [1.54, 1.807) is 6.20 Å². The second kappa shape index (κ2) is 9.54.